The summed E-state index contributed by atoms with van der Waals surface area (Å²) in [6.45, 7) is 2.26. The molecule has 0 amide bonds. The summed E-state index contributed by atoms with van der Waals surface area (Å²) in [7, 11) is 1.56. The third kappa shape index (κ3) is 4.77. The van der Waals surface area contributed by atoms with Crippen molar-refractivity contribution in [3.8, 4) is 11.3 Å². The van der Waals surface area contributed by atoms with Crippen LogP contribution in [0.4, 0.5) is 11.8 Å². The zero-order chi connectivity index (χ0) is 19.4. The number of nitrogens with two attached hydrogens (primary N) is 1. The largest absolute Gasteiger partial charge is 0.389 e. The van der Waals surface area contributed by atoms with E-state index in [1.807, 2.05) is 4.90 Å². The number of nitrogen functional groups attached to an aromatic ring is 1. The normalized spacial score (nSPS) is 18.1. The van der Waals surface area contributed by atoms with Gasteiger partial charge >= 0.3 is 0 Å². The van der Waals surface area contributed by atoms with Crippen LogP contribution >= 0.6 is 23.2 Å². The number of nitrogens with zero attached hydrogens (tertiary/aromatic N) is 4. The van der Waals surface area contributed by atoms with Gasteiger partial charge in [0.05, 0.1) is 22.8 Å². The van der Waals surface area contributed by atoms with E-state index < -0.39 is 6.10 Å². The van der Waals surface area contributed by atoms with Crippen molar-refractivity contribution in [3.05, 3.63) is 28.2 Å². The van der Waals surface area contributed by atoms with E-state index >= 15 is 0 Å². The number of aliphatic hydroxyl groups is 1. The zero-order valence-electron chi connectivity index (χ0n) is 14.9. The van der Waals surface area contributed by atoms with Gasteiger partial charge in [0, 0.05) is 38.3 Å². The van der Waals surface area contributed by atoms with E-state index in [0.29, 0.717) is 46.9 Å². The second-order valence-electron chi connectivity index (χ2n) is 6.40. The molecule has 4 N–H and O–H groups in total. The van der Waals surface area contributed by atoms with Gasteiger partial charge in [0.1, 0.15) is 5.69 Å². The van der Waals surface area contributed by atoms with E-state index in [4.69, 9.17) is 33.7 Å². The zero-order valence-corrected chi connectivity index (χ0v) is 16.4. The van der Waals surface area contributed by atoms with Crippen molar-refractivity contribution in [2.24, 2.45) is 0 Å². The highest BCUT2D eigenvalue weighted by molar-refractivity contribution is 6.43. The van der Waals surface area contributed by atoms with Crippen molar-refractivity contribution in [1.29, 1.82) is 0 Å². The summed E-state index contributed by atoms with van der Waals surface area (Å²) in [6, 6.07) is 5.47. The smallest absolute Gasteiger partial charge is 0.247 e. The van der Waals surface area contributed by atoms with Gasteiger partial charge in [-0.25, -0.2) is 0 Å². The molecular formula is C17H22Cl2N6O2. The quantitative estimate of drug-likeness (QED) is 0.628. The maximum Gasteiger partial charge on any atom is 0.247 e. The number of ether oxygens (including phenoxy) is 1. The predicted octanol–water partition coefficient (Wildman–Crippen LogP) is 1.60. The molecular weight excluding hydrogens is 391 g/mol. The molecule has 2 heterocycles. The lowest BCUT2D eigenvalue weighted by Crippen LogP contribution is -2.39. The lowest BCUT2D eigenvalue weighted by molar-refractivity contribution is 0.0631. The lowest BCUT2D eigenvalue weighted by atomic mass is 10.1. The van der Waals surface area contributed by atoms with Gasteiger partial charge < -0.3 is 25.8 Å². The van der Waals surface area contributed by atoms with Gasteiger partial charge in [-0.1, -0.05) is 35.3 Å². The summed E-state index contributed by atoms with van der Waals surface area (Å²) < 4.78 is 4.93. The number of methoxy groups -OCH3 is 1. The SMILES string of the molecule is COC[C@@H](O)CNC1CCN(c2nnc(-c3cccc(Cl)c3Cl)c(N)n2)C1. The molecule has 10 heteroatoms. The van der Waals surface area contributed by atoms with Crippen LogP contribution < -0.4 is 16.0 Å². The average molecular weight is 413 g/mol. The van der Waals surface area contributed by atoms with Crippen LogP contribution in [0.25, 0.3) is 11.3 Å². The number of rotatable bonds is 7. The fraction of sp³-hybridized carbons (Fsp3) is 0.471. The Bertz CT molecular complexity index is 794. The van der Waals surface area contributed by atoms with Gasteiger partial charge in [0.2, 0.25) is 5.95 Å². The maximum absolute atomic E-state index is 9.74. The Balaban J connectivity index is 1.67. The highest BCUT2D eigenvalue weighted by Gasteiger charge is 2.26. The molecule has 1 saturated heterocycles. The van der Waals surface area contributed by atoms with E-state index in [1.54, 1.807) is 25.3 Å². The van der Waals surface area contributed by atoms with Crippen LogP contribution in [0, 0.1) is 0 Å². The van der Waals surface area contributed by atoms with E-state index in [0.717, 1.165) is 13.0 Å². The highest BCUT2D eigenvalue weighted by Crippen LogP contribution is 2.34. The lowest BCUT2D eigenvalue weighted by Gasteiger charge is -2.18. The molecule has 0 bridgehead atoms. The van der Waals surface area contributed by atoms with Gasteiger partial charge in [0.25, 0.3) is 0 Å². The Kier molecular flexibility index (Phi) is 6.67. The minimum atomic E-state index is -0.528. The van der Waals surface area contributed by atoms with Crippen molar-refractivity contribution in [2.45, 2.75) is 18.6 Å². The van der Waals surface area contributed by atoms with Crippen LogP contribution in [0.1, 0.15) is 6.42 Å². The van der Waals surface area contributed by atoms with Crippen molar-refractivity contribution in [1.82, 2.24) is 20.5 Å². The first-order chi connectivity index (χ1) is 13.0. The van der Waals surface area contributed by atoms with Gasteiger partial charge in [-0.2, -0.15) is 4.98 Å². The molecule has 27 heavy (non-hydrogen) atoms. The van der Waals surface area contributed by atoms with Crippen LogP contribution in [0.2, 0.25) is 10.0 Å². The molecule has 0 aliphatic carbocycles. The molecule has 0 radical (unpaired) electrons. The standard InChI is InChI=1S/C17H22Cl2N6O2/c1-27-9-11(26)7-21-10-5-6-25(8-10)17-22-16(20)15(23-24-17)12-3-2-4-13(18)14(12)19/h2-4,10-11,21,26H,5-9H2,1H3,(H2,20,22,24)/t10?,11-/m0/s1. The topological polar surface area (TPSA) is 109 Å². The number of hydrogen-bond donors (Lipinski definition) is 3. The molecule has 1 unspecified atom stereocenters. The van der Waals surface area contributed by atoms with Crippen LogP contribution in [-0.2, 0) is 4.74 Å². The summed E-state index contributed by atoms with van der Waals surface area (Å²) in [5, 5.41) is 22.3. The third-order valence-corrected chi connectivity index (χ3v) is 5.20. The number of aromatic nitrogens is 3. The summed E-state index contributed by atoms with van der Waals surface area (Å²) in [6.07, 6.45) is 0.379. The van der Waals surface area contributed by atoms with Crippen LogP contribution in [0.3, 0.4) is 0 Å². The van der Waals surface area contributed by atoms with E-state index in [-0.39, 0.29) is 11.9 Å². The fourth-order valence-corrected chi connectivity index (χ4v) is 3.39. The number of aliphatic hydroxyl groups excluding tert-OH is 1. The molecule has 1 aliphatic rings. The Labute approximate surface area is 167 Å². The van der Waals surface area contributed by atoms with Crippen molar-refractivity contribution in [2.75, 3.05) is 44.0 Å². The minimum Gasteiger partial charge on any atom is -0.389 e. The van der Waals surface area contributed by atoms with Gasteiger partial charge in [-0.05, 0) is 12.5 Å². The van der Waals surface area contributed by atoms with Crippen molar-refractivity contribution in [3.63, 3.8) is 0 Å². The number of anilines is 2. The molecule has 146 valence electrons. The molecule has 1 aromatic heterocycles. The van der Waals surface area contributed by atoms with Gasteiger partial charge in [-0.3, -0.25) is 0 Å². The first kappa shape index (κ1) is 20.0. The summed E-state index contributed by atoms with van der Waals surface area (Å²) >= 11 is 12.3. The molecule has 1 fully saturated rings. The Morgan fingerprint density at radius 2 is 2.22 bits per heavy atom. The summed E-state index contributed by atoms with van der Waals surface area (Å²) in [5.74, 6) is 0.715. The summed E-state index contributed by atoms with van der Waals surface area (Å²) in [4.78, 5) is 6.40. The second kappa shape index (κ2) is 8.99. The third-order valence-electron chi connectivity index (χ3n) is 4.38. The molecule has 2 atom stereocenters. The summed E-state index contributed by atoms with van der Waals surface area (Å²) in [5.41, 5.74) is 7.11. The first-order valence-electron chi connectivity index (χ1n) is 8.59. The predicted molar refractivity (Wildman–Crippen MR) is 106 cm³/mol. The minimum absolute atomic E-state index is 0.225. The first-order valence-corrected chi connectivity index (χ1v) is 9.35. The molecule has 3 rings (SSSR count). The van der Waals surface area contributed by atoms with Crippen molar-refractivity contribution < 1.29 is 9.84 Å². The van der Waals surface area contributed by atoms with Crippen LogP contribution in [0.15, 0.2) is 18.2 Å². The molecule has 0 spiro atoms. The van der Waals surface area contributed by atoms with Gasteiger partial charge in [-0.15, -0.1) is 10.2 Å². The Hall–Kier alpha value is -1.71. The monoisotopic (exact) mass is 412 g/mol. The number of hydrogen-bond acceptors (Lipinski definition) is 8. The number of benzene rings is 1. The molecule has 1 aromatic carbocycles. The molecule has 2 aromatic rings. The highest BCUT2D eigenvalue weighted by atomic mass is 35.5. The van der Waals surface area contributed by atoms with Crippen LogP contribution in [0.5, 0.6) is 0 Å². The molecule has 0 saturated carbocycles. The fourth-order valence-electron chi connectivity index (χ4n) is 3.00. The Morgan fingerprint density at radius 1 is 1.41 bits per heavy atom. The average Bonchev–Trinajstić information content (AvgIpc) is 3.12. The molecule has 1 aliphatic heterocycles. The van der Waals surface area contributed by atoms with E-state index in [1.165, 1.54) is 0 Å². The maximum atomic E-state index is 9.74. The number of halogens is 2. The van der Waals surface area contributed by atoms with Gasteiger partial charge in [0.15, 0.2) is 5.82 Å². The van der Waals surface area contributed by atoms with E-state index in [9.17, 15) is 5.11 Å². The van der Waals surface area contributed by atoms with Crippen LogP contribution in [-0.4, -0.2) is 65.8 Å². The number of nitrogens with one attached hydrogen (secondary N) is 1. The van der Waals surface area contributed by atoms with Crippen molar-refractivity contribution >= 4 is 35.0 Å². The molecule has 8 nitrogen and oxygen atoms in total. The Morgan fingerprint density at radius 3 is 2.96 bits per heavy atom. The van der Waals surface area contributed by atoms with E-state index in [2.05, 4.69) is 20.5 Å². The second-order valence-corrected chi connectivity index (χ2v) is 7.18.